The van der Waals surface area contributed by atoms with E-state index in [9.17, 15) is 14.4 Å². The van der Waals surface area contributed by atoms with E-state index in [1.165, 1.54) is 10.6 Å². The maximum Gasteiger partial charge on any atom is 0.269 e. The molecule has 144 valence electrons. The normalized spacial score (nSPS) is 11.1. The predicted molar refractivity (Wildman–Crippen MR) is 115 cm³/mol. The standard InChI is InChI=1S/C25H15NO4/c27-22(16-9-3-1-4-10-16)19-15-20-23(28)18-13-7-8-14-21(18)30-25(20)26(24(19)29)17-11-5-2-6-12-17/h1-15H. The second kappa shape index (κ2) is 6.97. The molecule has 0 unspecified atom stereocenters. The van der Waals surface area contributed by atoms with Crippen molar-refractivity contribution in [2.45, 2.75) is 0 Å². The second-order valence-electron chi connectivity index (χ2n) is 6.88. The van der Waals surface area contributed by atoms with E-state index in [4.69, 9.17) is 4.42 Å². The first-order valence-electron chi connectivity index (χ1n) is 9.42. The van der Waals surface area contributed by atoms with Gasteiger partial charge in [-0.15, -0.1) is 0 Å². The number of hydrogen-bond acceptors (Lipinski definition) is 4. The first-order chi connectivity index (χ1) is 14.6. The van der Waals surface area contributed by atoms with E-state index in [0.717, 1.165) is 0 Å². The van der Waals surface area contributed by atoms with Crippen molar-refractivity contribution in [2.24, 2.45) is 0 Å². The predicted octanol–water partition coefficient (Wildman–Crippen LogP) is 4.33. The number of para-hydroxylation sites is 2. The molecular weight excluding hydrogens is 378 g/mol. The van der Waals surface area contributed by atoms with Crippen molar-refractivity contribution in [1.82, 2.24) is 4.57 Å². The molecule has 0 bridgehead atoms. The van der Waals surface area contributed by atoms with Gasteiger partial charge in [-0.3, -0.25) is 14.4 Å². The van der Waals surface area contributed by atoms with Crippen LogP contribution < -0.4 is 11.0 Å². The summed E-state index contributed by atoms with van der Waals surface area (Å²) in [6.07, 6.45) is 0. The monoisotopic (exact) mass is 393 g/mol. The Hall–Kier alpha value is -4.25. The Balaban J connectivity index is 1.94. The number of benzene rings is 3. The molecule has 0 aliphatic rings. The van der Waals surface area contributed by atoms with Gasteiger partial charge in [0, 0.05) is 5.56 Å². The first-order valence-corrected chi connectivity index (χ1v) is 9.42. The van der Waals surface area contributed by atoms with Crippen molar-refractivity contribution in [3.63, 3.8) is 0 Å². The Bertz CT molecular complexity index is 1530. The lowest BCUT2D eigenvalue weighted by Crippen LogP contribution is -2.27. The lowest BCUT2D eigenvalue weighted by Gasteiger charge is -2.12. The van der Waals surface area contributed by atoms with Crippen LogP contribution in [0.2, 0.25) is 0 Å². The molecule has 0 saturated carbocycles. The van der Waals surface area contributed by atoms with Gasteiger partial charge in [-0.05, 0) is 30.3 Å². The fourth-order valence-corrected chi connectivity index (χ4v) is 3.58. The van der Waals surface area contributed by atoms with Crippen LogP contribution >= 0.6 is 0 Å². The van der Waals surface area contributed by atoms with Crippen LogP contribution in [-0.2, 0) is 0 Å². The summed E-state index contributed by atoms with van der Waals surface area (Å²) in [7, 11) is 0. The Kier molecular flexibility index (Phi) is 4.14. The number of pyridine rings is 1. The van der Waals surface area contributed by atoms with E-state index in [-0.39, 0.29) is 22.1 Å². The molecule has 5 heteroatoms. The molecule has 0 aliphatic heterocycles. The van der Waals surface area contributed by atoms with Crippen molar-refractivity contribution in [3.05, 3.63) is 123 Å². The van der Waals surface area contributed by atoms with Crippen LogP contribution in [0.4, 0.5) is 0 Å². The van der Waals surface area contributed by atoms with Crippen LogP contribution in [0.15, 0.2) is 105 Å². The van der Waals surface area contributed by atoms with Gasteiger partial charge in [-0.1, -0.05) is 60.7 Å². The van der Waals surface area contributed by atoms with E-state index in [2.05, 4.69) is 0 Å². The number of carbonyl (C=O) groups excluding carboxylic acids is 1. The molecule has 0 N–H and O–H groups in total. The molecule has 5 aromatic rings. The molecule has 2 heterocycles. The van der Waals surface area contributed by atoms with E-state index in [1.807, 2.05) is 6.07 Å². The summed E-state index contributed by atoms with van der Waals surface area (Å²) < 4.78 is 7.28. The number of rotatable bonds is 3. The lowest BCUT2D eigenvalue weighted by atomic mass is 10.0. The number of ketones is 1. The molecule has 0 radical (unpaired) electrons. The van der Waals surface area contributed by atoms with Gasteiger partial charge in [0.2, 0.25) is 11.1 Å². The van der Waals surface area contributed by atoms with Gasteiger partial charge in [0.25, 0.3) is 5.56 Å². The molecule has 2 aromatic heterocycles. The highest BCUT2D eigenvalue weighted by molar-refractivity contribution is 6.10. The van der Waals surface area contributed by atoms with Crippen molar-refractivity contribution in [3.8, 4) is 5.69 Å². The third-order valence-corrected chi connectivity index (χ3v) is 5.03. The minimum absolute atomic E-state index is 0.0832. The average molecular weight is 393 g/mol. The third-order valence-electron chi connectivity index (χ3n) is 5.03. The van der Waals surface area contributed by atoms with Crippen LogP contribution in [0.3, 0.4) is 0 Å². The summed E-state index contributed by atoms with van der Waals surface area (Å²) in [6, 6.07) is 25.6. The molecule has 30 heavy (non-hydrogen) atoms. The highest BCUT2D eigenvalue weighted by atomic mass is 16.3. The number of carbonyl (C=O) groups is 1. The molecule has 3 aromatic carbocycles. The molecule has 0 atom stereocenters. The number of nitrogens with zero attached hydrogens (tertiary/aromatic N) is 1. The Morgan fingerprint density at radius 3 is 2.10 bits per heavy atom. The van der Waals surface area contributed by atoms with E-state index in [0.29, 0.717) is 22.2 Å². The molecule has 0 aliphatic carbocycles. The zero-order chi connectivity index (χ0) is 20.7. The van der Waals surface area contributed by atoms with E-state index < -0.39 is 11.3 Å². The zero-order valence-corrected chi connectivity index (χ0v) is 15.7. The topological polar surface area (TPSA) is 69.3 Å². The maximum atomic E-state index is 13.4. The third kappa shape index (κ3) is 2.76. The molecule has 0 saturated heterocycles. The number of hydrogen-bond donors (Lipinski definition) is 0. The van der Waals surface area contributed by atoms with Gasteiger partial charge in [-0.2, -0.15) is 0 Å². The quantitative estimate of drug-likeness (QED) is 0.338. The summed E-state index contributed by atoms with van der Waals surface area (Å²) in [5.74, 6) is -0.445. The summed E-state index contributed by atoms with van der Waals surface area (Å²) in [6.45, 7) is 0. The van der Waals surface area contributed by atoms with Crippen molar-refractivity contribution in [1.29, 1.82) is 0 Å². The Morgan fingerprint density at radius 1 is 0.733 bits per heavy atom. The van der Waals surface area contributed by atoms with Crippen LogP contribution in [0.5, 0.6) is 0 Å². The average Bonchev–Trinajstić information content (AvgIpc) is 2.80. The second-order valence-corrected chi connectivity index (χ2v) is 6.88. The SMILES string of the molecule is O=C(c1ccccc1)c1cc2c(=O)c3ccccc3oc2n(-c2ccccc2)c1=O. The molecule has 5 nitrogen and oxygen atoms in total. The molecule has 5 rings (SSSR count). The van der Waals surface area contributed by atoms with Crippen LogP contribution in [0, 0.1) is 0 Å². The van der Waals surface area contributed by atoms with Gasteiger partial charge in [0.15, 0.2) is 5.78 Å². The molecule has 0 spiro atoms. The highest BCUT2D eigenvalue weighted by Crippen LogP contribution is 2.21. The minimum Gasteiger partial charge on any atom is -0.439 e. The smallest absolute Gasteiger partial charge is 0.269 e. The van der Waals surface area contributed by atoms with Gasteiger partial charge in [0.1, 0.15) is 5.58 Å². The lowest BCUT2D eigenvalue weighted by molar-refractivity contribution is 0.103. The molecule has 0 fully saturated rings. The molecule has 0 amide bonds. The van der Waals surface area contributed by atoms with Crippen LogP contribution in [0.25, 0.3) is 27.8 Å². The minimum atomic E-state index is -0.541. The zero-order valence-electron chi connectivity index (χ0n) is 15.7. The Morgan fingerprint density at radius 2 is 1.37 bits per heavy atom. The fourth-order valence-electron chi connectivity index (χ4n) is 3.58. The summed E-state index contributed by atoms with van der Waals surface area (Å²) in [5, 5.41) is 0.567. The van der Waals surface area contributed by atoms with Crippen molar-refractivity contribution >= 4 is 27.9 Å². The molecular formula is C25H15NO4. The number of fused-ring (bicyclic) bond motifs is 2. The van der Waals surface area contributed by atoms with E-state index in [1.54, 1.807) is 78.9 Å². The number of aromatic nitrogens is 1. The van der Waals surface area contributed by atoms with Gasteiger partial charge in [-0.25, -0.2) is 4.57 Å². The first kappa shape index (κ1) is 17.8. The van der Waals surface area contributed by atoms with Crippen LogP contribution in [0.1, 0.15) is 15.9 Å². The maximum absolute atomic E-state index is 13.4. The summed E-state index contributed by atoms with van der Waals surface area (Å²) >= 11 is 0. The Labute approximate surface area is 170 Å². The van der Waals surface area contributed by atoms with E-state index >= 15 is 0 Å². The van der Waals surface area contributed by atoms with Gasteiger partial charge >= 0.3 is 0 Å². The summed E-state index contributed by atoms with van der Waals surface area (Å²) in [5.41, 5.74) is 0.452. The van der Waals surface area contributed by atoms with Crippen molar-refractivity contribution < 1.29 is 9.21 Å². The van der Waals surface area contributed by atoms with Gasteiger partial charge in [0.05, 0.1) is 22.0 Å². The van der Waals surface area contributed by atoms with Crippen LogP contribution in [-0.4, -0.2) is 10.4 Å². The highest BCUT2D eigenvalue weighted by Gasteiger charge is 2.21. The van der Waals surface area contributed by atoms with Crippen molar-refractivity contribution in [2.75, 3.05) is 0 Å². The largest absolute Gasteiger partial charge is 0.439 e. The van der Waals surface area contributed by atoms with Gasteiger partial charge < -0.3 is 4.42 Å². The summed E-state index contributed by atoms with van der Waals surface area (Å²) in [4.78, 5) is 39.8. The fraction of sp³-hybridized carbons (Fsp3) is 0.